The van der Waals surface area contributed by atoms with Gasteiger partial charge in [0.2, 0.25) is 0 Å². The zero-order chi connectivity index (χ0) is 14.3. The maximum absolute atomic E-state index is 9.84. The average Bonchev–Trinajstić information content (AvgIpc) is 2.90. The van der Waals surface area contributed by atoms with Gasteiger partial charge in [-0.05, 0) is 38.8 Å². The van der Waals surface area contributed by atoms with E-state index >= 15 is 0 Å². The number of thioether (sulfide) groups is 1. The summed E-state index contributed by atoms with van der Waals surface area (Å²) >= 11 is 1.94. The molecule has 0 saturated carbocycles. The van der Waals surface area contributed by atoms with Crippen LogP contribution >= 0.6 is 11.8 Å². The number of rotatable bonds is 3. The van der Waals surface area contributed by atoms with E-state index in [0.717, 1.165) is 29.9 Å². The molecule has 0 fully saturated rings. The number of nitrogens with zero attached hydrogens (tertiary/aromatic N) is 2. The summed E-state index contributed by atoms with van der Waals surface area (Å²) in [6, 6.07) is 8.62. The second kappa shape index (κ2) is 5.26. The standard InChI is InChI=1S/C16H20N2OS/c1-10-16(12(3)19)11(2)18(17-10)9-14-8-13-6-4-5-7-15(13)20-14/h4-7,12,14,19H,8-9H2,1-3H3. The third kappa shape index (κ3) is 2.38. The lowest BCUT2D eigenvalue weighted by molar-refractivity contribution is 0.197. The molecule has 3 nitrogen and oxygen atoms in total. The first-order valence-electron chi connectivity index (χ1n) is 7.02. The number of hydrogen-bond donors (Lipinski definition) is 1. The van der Waals surface area contributed by atoms with Crippen molar-refractivity contribution in [3.63, 3.8) is 0 Å². The molecule has 1 aliphatic heterocycles. The molecule has 2 heterocycles. The van der Waals surface area contributed by atoms with Crippen LogP contribution in [0.5, 0.6) is 0 Å². The van der Waals surface area contributed by atoms with Crippen molar-refractivity contribution in [1.29, 1.82) is 0 Å². The third-order valence-electron chi connectivity index (χ3n) is 3.95. The minimum Gasteiger partial charge on any atom is -0.389 e. The molecule has 106 valence electrons. The molecule has 0 spiro atoms. The quantitative estimate of drug-likeness (QED) is 0.942. The number of aliphatic hydroxyl groups is 1. The largest absolute Gasteiger partial charge is 0.389 e. The highest BCUT2D eigenvalue weighted by Gasteiger charge is 2.24. The molecular weight excluding hydrogens is 268 g/mol. The minimum absolute atomic E-state index is 0.447. The summed E-state index contributed by atoms with van der Waals surface area (Å²) in [7, 11) is 0. The minimum atomic E-state index is -0.447. The first-order valence-corrected chi connectivity index (χ1v) is 7.90. The fraction of sp³-hybridized carbons (Fsp3) is 0.438. The highest BCUT2D eigenvalue weighted by Crippen LogP contribution is 2.37. The van der Waals surface area contributed by atoms with E-state index in [9.17, 15) is 5.11 Å². The van der Waals surface area contributed by atoms with Crippen molar-refractivity contribution in [2.24, 2.45) is 0 Å². The number of hydrogen-bond acceptors (Lipinski definition) is 3. The summed E-state index contributed by atoms with van der Waals surface area (Å²) in [4.78, 5) is 1.40. The fourth-order valence-electron chi connectivity index (χ4n) is 3.04. The Morgan fingerprint density at radius 2 is 2.15 bits per heavy atom. The Morgan fingerprint density at radius 3 is 2.80 bits per heavy atom. The van der Waals surface area contributed by atoms with E-state index in [1.165, 1.54) is 10.5 Å². The molecule has 0 aliphatic carbocycles. The summed E-state index contributed by atoms with van der Waals surface area (Å²) in [6.45, 7) is 6.73. The molecule has 1 aromatic carbocycles. The molecule has 20 heavy (non-hydrogen) atoms. The van der Waals surface area contributed by atoms with Gasteiger partial charge < -0.3 is 5.11 Å². The van der Waals surface area contributed by atoms with Gasteiger partial charge in [-0.3, -0.25) is 4.68 Å². The summed E-state index contributed by atoms with van der Waals surface area (Å²) in [6.07, 6.45) is 0.653. The van der Waals surface area contributed by atoms with Gasteiger partial charge in [-0.15, -0.1) is 11.8 Å². The van der Waals surface area contributed by atoms with Gasteiger partial charge in [-0.2, -0.15) is 5.10 Å². The van der Waals surface area contributed by atoms with Gasteiger partial charge in [0, 0.05) is 21.4 Å². The van der Waals surface area contributed by atoms with Crippen LogP contribution in [-0.2, 0) is 13.0 Å². The van der Waals surface area contributed by atoms with Gasteiger partial charge in [0.15, 0.2) is 0 Å². The van der Waals surface area contributed by atoms with Crippen molar-refractivity contribution in [3.8, 4) is 0 Å². The van der Waals surface area contributed by atoms with Gasteiger partial charge in [0.25, 0.3) is 0 Å². The summed E-state index contributed by atoms with van der Waals surface area (Å²) in [5.41, 5.74) is 4.46. The summed E-state index contributed by atoms with van der Waals surface area (Å²) in [5, 5.41) is 15.0. The van der Waals surface area contributed by atoms with Crippen molar-refractivity contribution < 1.29 is 5.11 Å². The molecule has 0 bridgehead atoms. The zero-order valence-electron chi connectivity index (χ0n) is 12.1. The topological polar surface area (TPSA) is 38.0 Å². The van der Waals surface area contributed by atoms with E-state index in [1.807, 2.05) is 25.6 Å². The molecule has 1 aliphatic rings. The van der Waals surface area contributed by atoms with Crippen molar-refractivity contribution >= 4 is 11.8 Å². The summed E-state index contributed by atoms with van der Waals surface area (Å²) in [5.74, 6) is 0. The van der Waals surface area contributed by atoms with Crippen molar-refractivity contribution in [2.75, 3.05) is 0 Å². The number of fused-ring (bicyclic) bond motifs is 1. The third-order valence-corrected chi connectivity index (χ3v) is 5.25. The molecule has 0 radical (unpaired) electrons. The normalized spacial score (nSPS) is 19.1. The molecule has 0 amide bonds. The SMILES string of the molecule is Cc1nn(CC2Cc3ccccc3S2)c(C)c1C(C)O. The van der Waals surface area contributed by atoms with Crippen molar-refractivity contribution in [3.05, 3.63) is 46.8 Å². The van der Waals surface area contributed by atoms with Crippen LogP contribution in [0.25, 0.3) is 0 Å². The van der Waals surface area contributed by atoms with Gasteiger partial charge in [0.05, 0.1) is 18.3 Å². The number of benzene rings is 1. The van der Waals surface area contributed by atoms with Gasteiger partial charge in [-0.25, -0.2) is 0 Å². The second-order valence-corrected chi connectivity index (χ2v) is 6.84. The van der Waals surface area contributed by atoms with Gasteiger partial charge in [-0.1, -0.05) is 18.2 Å². The Morgan fingerprint density at radius 1 is 1.40 bits per heavy atom. The maximum Gasteiger partial charge on any atom is 0.0797 e. The first kappa shape index (κ1) is 13.7. The van der Waals surface area contributed by atoms with E-state index in [2.05, 4.69) is 41.0 Å². The molecule has 3 rings (SSSR count). The van der Waals surface area contributed by atoms with Crippen LogP contribution in [-0.4, -0.2) is 20.1 Å². The van der Waals surface area contributed by atoms with E-state index < -0.39 is 6.10 Å². The molecule has 2 aromatic rings. The number of aryl methyl sites for hydroxylation is 1. The average molecular weight is 288 g/mol. The second-order valence-electron chi connectivity index (χ2n) is 5.49. The Bertz CT molecular complexity index is 608. The lowest BCUT2D eigenvalue weighted by Gasteiger charge is -2.11. The van der Waals surface area contributed by atoms with E-state index in [4.69, 9.17) is 0 Å². The predicted octanol–water partition coefficient (Wildman–Crippen LogP) is 3.27. The lowest BCUT2D eigenvalue weighted by atomic mass is 10.1. The van der Waals surface area contributed by atoms with Crippen molar-refractivity contribution in [2.45, 2.75) is 50.0 Å². The van der Waals surface area contributed by atoms with Crippen molar-refractivity contribution in [1.82, 2.24) is 9.78 Å². The molecule has 1 N–H and O–H groups in total. The smallest absolute Gasteiger partial charge is 0.0797 e. The van der Waals surface area contributed by atoms with Crippen LogP contribution in [0.2, 0.25) is 0 Å². The Balaban J connectivity index is 1.79. The van der Waals surface area contributed by atoms with Crippen LogP contribution in [0, 0.1) is 13.8 Å². The Labute approximate surface area is 124 Å². The van der Waals surface area contributed by atoms with E-state index in [1.54, 1.807) is 0 Å². The highest BCUT2D eigenvalue weighted by molar-refractivity contribution is 8.00. The number of aliphatic hydroxyl groups excluding tert-OH is 1. The van der Waals surface area contributed by atoms with Crippen LogP contribution in [0.15, 0.2) is 29.2 Å². The first-order chi connectivity index (χ1) is 9.56. The van der Waals surface area contributed by atoms with E-state index in [-0.39, 0.29) is 0 Å². The maximum atomic E-state index is 9.84. The highest BCUT2D eigenvalue weighted by atomic mass is 32.2. The van der Waals surface area contributed by atoms with E-state index in [0.29, 0.717) is 5.25 Å². The van der Waals surface area contributed by atoms with Crippen LogP contribution in [0.1, 0.15) is 35.5 Å². The fourth-order valence-corrected chi connectivity index (χ4v) is 4.34. The summed E-state index contributed by atoms with van der Waals surface area (Å²) < 4.78 is 2.06. The molecule has 4 heteroatoms. The number of aromatic nitrogens is 2. The van der Waals surface area contributed by atoms with Crippen LogP contribution < -0.4 is 0 Å². The van der Waals surface area contributed by atoms with Gasteiger partial charge in [0.1, 0.15) is 0 Å². The van der Waals surface area contributed by atoms with Crippen LogP contribution in [0.3, 0.4) is 0 Å². The molecular formula is C16H20N2OS. The molecule has 2 atom stereocenters. The predicted molar refractivity (Wildman–Crippen MR) is 82.1 cm³/mol. The Kier molecular flexibility index (Phi) is 3.61. The molecule has 2 unspecified atom stereocenters. The lowest BCUT2D eigenvalue weighted by Crippen LogP contribution is -2.15. The zero-order valence-corrected chi connectivity index (χ0v) is 12.9. The molecule has 0 saturated heterocycles. The Hall–Kier alpha value is -1.26. The van der Waals surface area contributed by atoms with Crippen LogP contribution in [0.4, 0.5) is 0 Å². The van der Waals surface area contributed by atoms with Gasteiger partial charge >= 0.3 is 0 Å². The molecule has 1 aromatic heterocycles. The monoisotopic (exact) mass is 288 g/mol.